The first-order chi connectivity index (χ1) is 9.02. The third kappa shape index (κ3) is 2.92. The van der Waals surface area contributed by atoms with Crippen LogP contribution in [-0.4, -0.2) is 36.0 Å². The summed E-state index contributed by atoms with van der Waals surface area (Å²) in [5.74, 6) is 0. The molecule has 1 N–H and O–H groups in total. The summed E-state index contributed by atoms with van der Waals surface area (Å²) in [6.45, 7) is 5.81. The summed E-state index contributed by atoms with van der Waals surface area (Å²) in [5.41, 5.74) is 0.502. The Morgan fingerprint density at radius 3 is 2.89 bits per heavy atom. The molecule has 6 heteroatoms. The normalized spacial score (nSPS) is 19.7. The van der Waals surface area contributed by atoms with Crippen LogP contribution in [0.4, 0.5) is 5.69 Å². The quantitative estimate of drug-likeness (QED) is 0.917. The molecule has 0 aromatic carbocycles. The highest BCUT2D eigenvalue weighted by molar-refractivity contribution is 6.33. The lowest BCUT2D eigenvalue weighted by Crippen LogP contribution is -2.45. The molecule has 1 saturated heterocycles. The van der Waals surface area contributed by atoms with Crippen molar-refractivity contribution in [1.29, 1.82) is 0 Å². The van der Waals surface area contributed by atoms with E-state index >= 15 is 0 Å². The SMILES string of the molecule is CC(C)n1ncc(N(C)C2CCCNC2)c(Cl)c1=O. The highest BCUT2D eigenvalue weighted by Crippen LogP contribution is 2.24. The minimum atomic E-state index is -0.218. The zero-order valence-electron chi connectivity index (χ0n) is 11.7. The molecule has 2 heterocycles. The Balaban J connectivity index is 2.30. The Morgan fingerprint density at radius 1 is 1.58 bits per heavy atom. The van der Waals surface area contributed by atoms with Crippen molar-refractivity contribution in [3.8, 4) is 0 Å². The Labute approximate surface area is 118 Å². The summed E-state index contributed by atoms with van der Waals surface area (Å²) in [5, 5.41) is 7.83. The first-order valence-corrected chi connectivity index (χ1v) is 7.11. The molecule has 1 atom stereocenters. The van der Waals surface area contributed by atoms with Crippen LogP contribution in [0.15, 0.2) is 11.0 Å². The molecular formula is C13H21ClN4O. The second-order valence-corrected chi connectivity index (χ2v) is 5.68. The minimum absolute atomic E-state index is 0.0145. The number of hydrogen-bond acceptors (Lipinski definition) is 4. The van der Waals surface area contributed by atoms with Crippen LogP contribution in [0.1, 0.15) is 32.7 Å². The average Bonchev–Trinajstić information content (AvgIpc) is 2.41. The Bertz CT molecular complexity index is 494. The van der Waals surface area contributed by atoms with E-state index in [1.54, 1.807) is 6.20 Å². The van der Waals surface area contributed by atoms with Gasteiger partial charge in [0.15, 0.2) is 0 Å². The Morgan fingerprint density at radius 2 is 2.32 bits per heavy atom. The number of halogens is 1. The van der Waals surface area contributed by atoms with Gasteiger partial charge in [0.1, 0.15) is 5.02 Å². The van der Waals surface area contributed by atoms with Crippen LogP contribution in [0.2, 0.25) is 5.02 Å². The largest absolute Gasteiger partial charge is 0.368 e. The van der Waals surface area contributed by atoms with Gasteiger partial charge in [-0.3, -0.25) is 4.79 Å². The predicted molar refractivity (Wildman–Crippen MR) is 78.2 cm³/mol. The maximum Gasteiger partial charge on any atom is 0.287 e. The minimum Gasteiger partial charge on any atom is -0.368 e. The van der Waals surface area contributed by atoms with E-state index in [1.165, 1.54) is 4.68 Å². The first kappa shape index (κ1) is 14.3. The molecule has 1 aliphatic rings. The van der Waals surface area contributed by atoms with Gasteiger partial charge in [-0.2, -0.15) is 5.10 Å². The molecule has 1 aromatic heterocycles. The zero-order valence-corrected chi connectivity index (χ0v) is 12.4. The molecule has 106 valence electrons. The summed E-state index contributed by atoms with van der Waals surface area (Å²) >= 11 is 6.22. The van der Waals surface area contributed by atoms with Crippen molar-refractivity contribution < 1.29 is 0 Å². The lowest BCUT2D eigenvalue weighted by Gasteiger charge is -2.33. The lowest BCUT2D eigenvalue weighted by molar-refractivity contribution is 0.443. The molecule has 1 unspecified atom stereocenters. The van der Waals surface area contributed by atoms with E-state index in [4.69, 9.17) is 11.6 Å². The number of nitrogens with one attached hydrogen (secondary N) is 1. The third-order valence-electron chi connectivity index (χ3n) is 3.61. The van der Waals surface area contributed by atoms with Gasteiger partial charge in [-0.15, -0.1) is 0 Å². The molecule has 0 radical (unpaired) electrons. The molecule has 0 saturated carbocycles. The predicted octanol–water partition coefficient (Wildman–Crippen LogP) is 1.67. The first-order valence-electron chi connectivity index (χ1n) is 6.73. The van der Waals surface area contributed by atoms with Crippen molar-refractivity contribution >= 4 is 17.3 Å². The van der Waals surface area contributed by atoms with E-state index < -0.39 is 0 Å². The summed E-state index contributed by atoms with van der Waals surface area (Å²) in [6.07, 6.45) is 3.94. The highest BCUT2D eigenvalue weighted by Gasteiger charge is 2.22. The standard InChI is InChI=1S/C13H21ClN4O/c1-9(2)18-13(19)12(14)11(8-16-18)17(3)10-5-4-6-15-7-10/h8-10,15H,4-7H2,1-3H3. The van der Waals surface area contributed by atoms with Crippen LogP contribution < -0.4 is 15.8 Å². The van der Waals surface area contributed by atoms with Gasteiger partial charge in [0.05, 0.1) is 17.9 Å². The van der Waals surface area contributed by atoms with Gasteiger partial charge < -0.3 is 10.2 Å². The summed E-state index contributed by atoms with van der Waals surface area (Å²) in [6, 6.07) is 0.378. The van der Waals surface area contributed by atoms with Crippen molar-refractivity contribution in [2.75, 3.05) is 25.0 Å². The summed E-state index contributed by atoms with van der Waals surface area (Å²) in [7, 11) is 1.97. The molecule has 0 spiro atoms. The van der Waals surface area contributed by atoms with E-state index in [-0.39, 0.29) is 16.6 Å². The van der Waals surface area contributed by atoms with E-state index in [9.17, 15) is 4.79 Å². The molecule has 0 bridgehead atoms. The number of nitrogens with zero attached hydrogens (tertiary/aromatic N) is 3. The van der Waals surface area contributed by atoms with Gasteiger partial charge in [0, 0.05) is 19.6 Å². The second kappa shape index (κ2) is 5.92. The van der Waals surface area contributed by atoms with Crippen LogP contribution >= 0.6 is 11.6 Å². The van der Waals surface area contributed by atoms with E-state index in [0.717, 1.165) is 31.6 Å². The molecule has 5 nitrogen and oxygen atoms in total. The second-order valence-electron chi connectivity index (χ2n) is 5.30. The van der Waals surface area contributed by atoms with Gasteiger partial charge in [-0.25, -0.2) is 4.68 Å². The van der Waals surface area contributed by atoms with Gasteiger partial charge in [0.2, 0.25) is 0 Å². The van der Waals surface area contributed by atoms with Gasteiger partial charge in [-0.1, -0.05) is 11.6 Å². The van der Waals surface area contributed by atoms with Crippen LogP contribution in [0.3, 0.4) is 0 Å². The molecule has 1 fully saturated rings. The van der Waals surface area contributed by atoms with Crippen molar-refractivity contribution in [2.24, 2.45) is 0 Å². The smallest absolute Gasteiger partial charge is 0.287 e. The fourth-order valence-electron chi connectivity index (χ4n) is 2.41. The molecule has 1 aliphatic heterocycles. The van der Waals surface area contributed by atoms with E-state index in [1.807, 2.05) is 20.9 Å². The number of rotatable bonds is 3. The molecule has 0 amide bonds. The molecule has 0 aliphatic carbocycles. The zero-order chi connectivity index (χ0) is 14.0. The van der Waals surface area contributed by atoms with Crippen LogP contribution in [0.25, 0.3) is 0 Å². The fraction of sp³-hybridized carbons (Fsp3) is 0.692. The maximum atomic E-state index is 12.1. The van der Waals surface area contributed by atoms with Crippen molar-refractivity contribution in [3.05, 3.63) is 21.6 Å². The summed E-state index contributed by atoms with van der Waals surface area (Å²) in [4.78, 5) is 14.2. The molecule has 2 rings (SSSR count). The van der Waals surface area contributed by atoms with Gasteiger partial charge in [-0.05, 0) is 33.2 Å². The third-order valence-corrected chi connectivity index (χ3v) is 3.97. The van der Waals surface area contributed by atoms with Crippen LogP contribution in [0, 0.1) is 0 Å². The van der Waals surface area contributed by atoms with E-state index in [2.05, 4.69) is 15.3 Å². The number of aromatic nitrogens is 2. The fourth-order valence-corrected chi connectivity index (χ4v) is 2.68. The molecule has 1 aromatic rings. The lowest BCUT2D eigenvalue weighted by atomic mass is 10.1. The van der Waals surface area contributed by atoms with Gasteiger partial charge >= 0.3 is 0 Å². The topological polar surface area (TPSA) is 50.2 Å². The number of likely N-dealkylation sites (N-methyl/N-ethyl adjacent to an activating group) is 1. The Hall–Kier alpha value is -1.07. The van der Waals surface area contributed by atoms with Gasteiger partial charge in [0.25, 0.3) is 5.56 Å². The number of piperidine rings is 1. The van der Waals surface area contributed by atoms with Crippen molar-refractivity contribution in [2.45, 2.75) is 38.8 Å². The summed E-state index contributed by atoms with van der Waals surface area (Å²) < 4.78 is 1.42. The number of hydrogen-bond donors (Lipinski definition) is 1. The highest BCUT2D eigenvalue weighted by atomic mass is 35.5. The number of anilines is 1. The van der Waals surface area contributed by atoms with E-state index in [0.29, 0.717) is 6.04 Å². The maximum absolute atomic E-state index is 12.1. The monoisotopic (exact) mass is 284 g/mol. The molecular weight excluding hydrogens is 264 g/mol. The molecule has 19 heavy (non-hydrogen) atoms. The van der Waals surface area contributed by atoms with Crippen LogP contribution in [-0.2, 0) is 0 Å². The van der Waals surface area contributed by atoms with Crippen molar-refractivity contribution in [1.82, 2.24) is 15.1 Å². The Kier molecular flexibility index (Phi) is 4.47. The van der Waals surface area contributed by atoms with Crippen molar-refractivity contribution in [3.63, 3.8) is 0 Å². The average molecular weight is 285 g/mol. The van der Waals surface area contributed by atoms with Crippen LogP contribution in [0.5, 0.6) is 0 Å².